The number of carbonyl (C=O) groups is 4. The van der Waals surface area contributed by atoms with E-state index in [0.29, 0.717) is 13.2 Å². The second-order valence-corrected chi connectivity index (χ2v) is 7.71. The zero-order valence-electron chi connectivity index (χ0n) is 19.7. The van der Waals surface area contributed by atoms with E-state index in [-0.39, 0.29) is 46.1 Å². The van der Waals surface area contributed by atoms with Gasteiger partial charge in [-0.3, -0.25) is 19.2 Å². The van der Waals surface area contributed by atoms with Crippen molar-refractivity contribution in [2.24, 2.45) is 0 Å². The molecule has 0 unspecified atom stereocenters. The molecule has 0 bridgehead atoms. The molecule has 29 heavy (non-hydrogen) atoms. The third-order valence-electron chi connectivity index (χ3n) is 1.40. The quantitative estimate of drug-likeness (QED) is 0.355. The Morgan fingerprint density at radius 2 is 0.828 bits per heavy atom. The smallest absolute Gasteiger partial charge is 0.313 e. The minimum absolute atomic E-state index is 0. The van der Waals surface area contributed by atoms with E-state index in [9.17, 15) is 19.2 Å². The molecule has 0 aromatic rings. The van der Waals surface area contributed by atoms with Crippen LogP contribution in [-0.4, -0.2) is 58.1 Å². The van der Waals surface area contributed by atoms with Crippen LogP contribution in [0.15, 0.2) is 0 Å². The summed E-state index contributed by atoms with van der Waals surface area (Å²) in [6.07, 6.45) is -0.207. The standard InChI is InChI=1S/2C6H10O3.2C4H10O.Ti/c2*1-3-9-6(8)4-5(2)7;2*1-4(2,3)5;/h2*3-4H2,1-2H3;2*5H,1-3H3;. The van der Waals surface area contributed by atoms with Crippen molar-refractivity contribution in [2.75, 3.05) is 13.2 Å². The molecule has 0 saturated carbocycles. The van der Waals surface area contributed by atoms with Gasteiger partial charge in [-0.15, -0.1) is 0 Å². The summed E-state index contributed by atoms with van der Waals surface area (Å²) in [5.41, 5.74) is -1.00. The van der Waals surface area contributed by atoms with Gasteiger partial charge in [-0.05, 0) is 69.2 Å². The fourth-order valence-electron chi connectivity index (χ4n) is 0.831. The van der Waals surface area contributed by atoms with Crippen molar-refractivity contribution in [2.45, 2.75) is 93.3 Å². The van der Waals surface area contributed by atoms with Gasteiger partial charge >= 0.3 is 11.9 Å². The van der Waals surface area contributed by atoms with Crippen LogP contribution in [0, 0.1) is 0 Å². The zero-order valence-corrected chi connectivity index (χ0v) is 21.2. The van der Waals surface area contributed by atoms with E-state index in [0.717, 1.165) is 0 Å². The van der Waals surface area contributed by atoms with E-state index in [1.807, 2.05) is 0 Å². The molecule has 0 rings (SSSR count). The Kier molecular flexibility index (Phi) is 28.7. The molecule has 0 heterocycles. The third-order valence-corrected chi connectivity index (χ3v) is 1.40. The van der Waals surface area contributed by atoms with Crippen LogP contribution in [0.25, 0.3) is 0 Å². The molecule has 0 aliphatic rings. The molecule has 0 aromatic carbocycles. The number of esters is 2. The van der Waals surface area contributed by atoms with Gasteiger partial charge in [0.1, 0.15) is 24.4 Å². The SMILES string of the molecule is CC(C)(C)O.CC(C)(C)O.CCOC(=O)CC(C)=O.CCOC(=O)CC(C)=O.[Ti]. The second-order valence-electron chi connectivity index (χ2n) is 7.71. The van der Waals surface area contributed by atoms with Crippen LogP contribution in [0.4, 0.5) is 0 Å². The van der Waals surface area contributed by atoms with Gasteiger partial charge in [0.05, 0.1) is 24.4 Å². The molecular formula is C20H40O8Ti. The van der Waals surface area contributed by atoms with Gasteiger partial charge in [0.15, 0.2) is 0 Å². The minimum Gasteiger partial charge on any atom is -0.466 e. The molecule has 8 nitrogen and oxygen atoms in total. The molecule has 172 valence electrons. The van der Waals surface area contributed by atoms with Crippen LogP contribution < -0.4 is 0 Å². The second kappa shape index (κ2) is 21.6. The molecule has 0 aliphatic heterocycles. The van der Waals surface area contributed by atoms with Crippen LogP contribution in [0.5, 0.6) is 0 Å². The third kappa shape index (κ3) is 100. The Bertz CT molecular complexity index is 394. The summed E-state index contributed by atoms with van der Waals surface area (Å²) in [7, 11) is 0. The number of ether oxygens (including phenoxy) is 2. The van der Waals surface area contributed by atoms with Gasteiger partial charge in [-0.2, -0.15) is 0 Å². The van der Waals surface area contributed by atoms with Crippen molar-refractivity contribution in [1.29, 1.82) is 0 Å². The maximum Gasteiger partial charge on any atom is 0.313 e. The van der Waals surface area contributed by atoms with Crippen LogP contribution in [0.3, 0.4) is 0 Å². The molecule has 0 radical (unpaired) electrons. The van der Waals surface area contributed by atoms with Crippen LogP contribution in [-0.2, 0) is 50.4 Å². The van der Waals surface area contributed by atoms with E-state index in [2.05, 4.69) is 9.47 Å². The van der Waals surface area contributed by atoms with Crippen LogP contribution in [0.1, 0.15) is 82.1 Å². The Hall–Kier alpha value is -1.09. The molecule has 9 heteroatoms. The number of rotatable bonds is 6. The average Bonchev–Trinajstić information content (AvgIpc) is 2.33. The fourth-order valence-corrected chi connectivity index (χ4v) is 0.831. The molecule has 0 saturated heterocycles. The summed E-state index contributed by atoms with van der Waals surface area (Å²) >= 11 is 0. The maximum atomic E-state index is 10.4. The van der Waals surface area contributed by atoms with Crippen LogP contribution >= 0.6 is 0 Å². The van der Waals surface area contributed by atoms with E-state index in [4.69, 9.17) is 10.2 Å². The van der Waals surface area contributed by atoms with Crippen molar-refractivity contribution in [3.63, 3.8) is 0 Å². The predicted octanol–water partition coefficient (Wildman–Crippen LogP) is 2.61. The van der Waals surface area contributed by atoms with Crippen LogP contribution in [0.2, 0.25) is 0 Å². The summed E-state index contributed by atoms with van der Waals surface area (Å²) < 4.78 is 8.99. The first kappa shape index (κ1) is 38.5. The molecule has 0 aromatic heterocycles. The van der Waals surface area contributed by atoms with Gasteiger partial charge < -0.3 is 19.7 Å². The van der Waals surface area contributed by atoms with Gasteiger partial charge in [0.25, 0.3) is 0 Å². The molecule has 0 amide bonds. The normalized spacial score (nSPS) is 9.52. The first-order valence-corrected chi connectivity index (χ1v) is 9.08. The Morgan fingerprint density at radius 1 is 0.655 bits per heavy atom. The fraction of sp³-hybridized carbons (Fsp3) is 0.800. The molecule has 0 atom stereocenters. The molecule has 0 fully saturated rings. The van der Waals surface area contributed by atoms with Crippen molar-refractivity contribution in [3.8, 4) is 0 Å². The van der Waals surface area contributed by atoms with E-state index in [1.54, 1.807) is 55.4 Å². The van der Waals surface area contributed by atoms with Crippen molar-refractivity contribution < 1.29 is 60.6 Å². The molecule has 0 spiro atoms. The molecular weight excluding hydrogens is 416 g/mol. The Balaban J connectivity index is -0.0000000907. The largest absolute Gasteiger partial charge is 0.466 e. The van der Waals surface area contributed by atoms with E-state index in [1.165, 1.54) is 13.8 Å². The average molecular weight is 456 g/mol. The summed E-state index contributed by atoms with van der Waals surface area (Å²) in [5, 5.41) is 17.0. The number of carbonyl (C=O) groups excluding carboxylic acids is 4. The first-order valence-electron chi connectivity index (χ1n) is 9.08. The van der Waals surface area contributed by atoms with Gasteiger partial charge in [-0.25, -0.2) is 0 Å². The Labute approximate surface area is 190 Å². The van der Waals surface area contributed by atoms with Crippen molar-refractivity contribution in [3.05, 3.63) is 0 Å². The van der Waals surface area contributed by atoms with E-state index >= 15 is 0 Å². The number of hydrogen-bond acceptors (Lipinski definition) is 8. The van der Waals surface area contributed by atoms with Crippen molar-refractivity contribution >= 4 is 23.5 Å². The summed E-state index contributed by atoms with van der Waals surface area (Å²) in [5.74, 6) is -1.20. The molecule has 2 N–H and O–H groups in total. The van der Waals surface area contributed by atoms with Gasteiger partial charge in [0.2, 0.25) is 0 Å². The maximum absolute atomic E-state index is 10.4. The zero-order chi connectivity index (χ0) is 23.6. The predicted molar refractivity (Wildman–Crippen MR) is 108 cm³/mol. The summed E-state index contributed by atoms with van der Waals surface area (Å²) in [4.78, 5) is 41.3. The van der Waals surface area contributed by atoms with Crippen molar-refractivity contribution in [1.82, 2.24) is 0 Å². The number of ketones is 2. The topological polar surface area (TPSA) is 127 Å². The van der Waals surface area contributed by atoms with E-state index < -0.39 is 23.1 Å². The van der Waals surface area contributed by atoms with Gasteiger partial charge in [-0.1, -0.05) is 0 Å². The monoisotopic (exact) mass is 456 g/mol. The Morgan fingerprint density at radius 3 is 0.931 bits per heavy atom. The number of Topliss-reactive ketones (excluding diaryl/α,β-unsaturated/α-hetero) is 2. The first-order chi connectivity index (χ1) is 12.3. The minimum atomic E-state index is -0.500. The molecule has 0 aliphatic carbocycles. The summed E-state index contributed by atoms with van der Waals surface area (Å²) in [6, 6.07) is 0. The number of hydrogen-bond donors (Lipinski definition) is 2. The van der Waals surface area contributed by atoms with Gasteiger partial charge in [0, 0.05) is 21.7 Å². The summed E-state index contributed by atoms with van der Waals surface area (Å²) in [6.45, 7) is 17.3. The number of aliphatic hydroxyl groups is 2.